The van der Waals surface area contributed by atoms with Crippen molar-refractivity contribution >= 4 is 9.73 Å². The first kappa shape index (κ1) is 25.2. The lowest BCUT2D eigenvalue weighted by Gasteiger charge is -2.44. The smallest absolute Gasteiger partial charge is 0.0940 e. The highest BCUT2D eigenvalue weighted by Gasteiger charge is 2.50. The normalized spacial score (nSPS) is 37.1. The molecule has 3 fully saturated rings. The molecule has 0 bridgehead atoms. The Bertz CT molecular complexity index is 1100. The fourth-order valence-corrected chi connectivity index (χ4v) is 7.87. The van der Waals surface area contributed by atoms with Gasteiger partial charge in [-0.1, -0.05) is 62.4 Å². The summed E-state index contributed by atoms with van der Waals surface area (Å²) in [5, 5.41) is 21.9. The van der Waals surface area contributed by atoms with Crippen molar-refractivity contribution in [3.63, 3.8) is 0 Å². The molecule has 5 heteroatoms. The van der Waals surface area contributed by atoms with Gasteiger partial charge in [0.25, 0.3) is 0 Å². The summed E-state index contributed by atoms with van der Waals surface area (Å²) in [5.41, 5.74) is 3.35. The molecule has 0 heterocycles. The number of fused-ring (bicyclic) bond motifs is 1. The molecule has 184 valence electrons. The van der Waals surface area contributed by atoms with Gasteiger partial charge in [-0.15, -0.1) is 0 Å². The van der Waals surface area contributed by atoms with Crippen LogP contribution in [0.25, 0.3) is 0 Å². The van der Waals surface area contributed by atoms with Crippen LogP contribution in [0, 0.1) is 27.9 Å². The molecule has 1 unspecified atom stereocenters. The first-order valence-electron chi connectivity index (χ1n) is 12.6. The van der Waals surface area contributed by atoms with Crippen LogP contribution in [-0.2, 0) is 9.73 Å². The molecule has 1 aromatic carbocycles. The zero-order valence-electron chi connectivity index (χ0n) is 20.5. The van der Waals surface area contributed by atoms with Crippen molar-refractivity contribution in [3.8, 4) is 0 Å². The average molecular weight is 482 g/mol. The number of hydrogen-bond acceptors (Lipinski definition) is 4. The molecule has 0 aromatic heterocycles. The van der Waals surface area contributed by atoms with Gasteiger partial charge in [0.2, 0.25) is 0 Å². The number of benzene rings is 1. The second kappa shape index (κ2) is 9.96. The zero-order chi connectivity index (χ0) is 24.5. The van der Waals surface area contributed by atoms with Gasteiger partial charge in [-0.3, -0.25) is 0 Å². The lowest BCUT2D eigenvalue weighted by Crippen LogP contribution is -2.35. The molecular formula is C29H39NO3S. The Hall–Kier alpha value is -1.95. The van der Waals surface area contributed by atoms with E-state index in [9.17, 15) is 14.4 Å². The number of hydrogen-bond donors (Lipinski definition) is 3. The Morgan fingerprint density at radius 3 is 2.68 bits per heavy atom. The summed E-state index contributed by atoms with van der Waals surface area (Å²) in [6.07, 6.45) is 11.8. The van der Waals surface area contributed by atoms with Crippen LogP contribution in [-0.4, -0.2) is 26.6 Å². The molecule has 1 aromatic rings. The quantitative estimate of drug-likeness (QED) is 0.456. The largest absolute Gasteiger partial charge is 0.393 e. The first-order valence-corrected chi connectivity index (χ1v) is 14.2. The molecule has 4 nitrogen and oxygen atoms in total. The van der Waals surface area contributed by atoms with Gasteiger partial charge >= 0.3 is 0 Å². The molecular weight excluding hydrogens is 442 g/mol. The van der Waals surface area contributed by atoms with E-state index in [2.05, 4.69) is 32.6 Å². The minimum absolute atomic E-state index is 0.185. The summed E-state index contributed by atoms with van der Waals surface area (Å²) in [6.45, 7) is 8.68. The van der Waals surface area contributed by atoms with Gasteiger partial charge in [0.05, 0.1) is 26.8 Å². The highest BCUT2D eigenvalue weighted by molar-refractivity contribution is 7.95. The summed E-state index contributed by atoms with van der Waals surface area (Å²) >= 11 is 0. The molecule has 7 atom stereocenters. The second-order valence-electron chi connectivity index (χ2n) is 10.8. The monoisotopic (exact) mass is 481 g/mol. The first-order chi connectivity index (χ1) is 16.1. The fraction of sp³-hybridized carbons (Fsp3) is 0.517. The molecule has 3 aliphatic rings. The van der Waals surface area contributed by atoms with Gasteiger partial charge in [0.15, 0.2) is 0 Å². The van der Waals surface area contributed by atoms with Crippen molar-refractivity contribution in [1.29, 1.82) is 4.78 Å². The van der Waals surface area contributed by atoms with Crippen LogP contribution in [0.4, 0.5) is 0 Å². The molecule has 3 aliphatic carbocycles. The van der Waals surface area contributed by atoms with Crippen LogP contribution >= 0.6 is 0 Å². The van der Waals surface area contributed by atoms with Gasteiger partial charge in [-0.25, -0.2) is 8.99 Å². The van der Waals surface area contributed by atoms with Gasteiger partial charge in [-0.05, 0) is 85.0 Å². The Morgan fingerprint density at radius 2 is 1.94 bits per heavy atom. The van der Waals surface area contributed by atoms with Gasteiger partial charge in [0, 0.05) is 11.8 Å². The van der Waals surface area contributed by atoms with Gasteiger partial charge in [0.1, 0.15) is 0 Å². The highest BCUT2D eigenvalue weighted by atomic mass is 32.2. The lowest BCUT2D eigenvalue weighted by atomic mass is 9.61. The fourth-order valence-electron chi connectivity index (χ4n) is 6.68. The molecule has 4 rings (SSSR count). The van der Waals surface area contributed by atoms with Crippen LogP contribution in [0.1, 0.15) is 58.8 Å². The van der Waals surface area contributed by atoms with Crippen LogP contribution in [0.2, 0.25) is 0 Å². The van der Waals surface area contributed by atoms with Gasteiger partial charge in [-0.2, -0.15) is 0 Å². The molecule has 34 heavy (non-hydrogen) atoms. The average Bonchev–Trinajstić information content (AvgIpc) is 3.17. The standard InChI is InChI=1S/C29H39NO3S/c1-20(15-17-34(30,33)25-9-5-4-6-10-25)26-13-14-27-22(8-7-16-29(26,27)3)11-12-23-18-24(31)19-28(32)21(23)2/h4-6,9-12,15,17,20,24,26-28,30-32H,2,7-8,13-14,16,18-19H2,1,3H3/b17-15+,22-11+,23-12-/t20-,24-,26-,27+,28+,29-,34?/m1/s1. The topological polar surface area (TPSA) is 81.4 Å². The number of nitrogens with one attached hydrogen (secondary N) is 1. The summed E-state index contributed by atoms with van der Waals surface area (Å²) in [4.78, 5) is 0.560. The number of aliphatic hydroxyl groups is 2. The highest BCUT2D eigenvalue weighted by Crippen LogP contribution is 2.59. The molecule has 3 saturated carbocycles. The van der Waals surface area contributed by atoms with Crippen molar-refractivity contribution < 1.29 is 14.4 Å². The Balaban J connectivity index is 1.51. The van der Waals surface area contributed by atoms with E-state index in [0.717, 1.165) is 36.8 Å². The summed E-state index contributed by atoms with van der Waals surface area (Å²) in [5.74, 6) is 1.26. The summed E-state index contributed by atoms with van der Waals surface area (Å²) in [6, 6.07) is 9.08. The van der Waals surface area contributed by atoms with Crippen LogP contribution < -0.4 is 0 Å². The van der Waals surface area contributed by atoms with Crippen molar-refractivity contribution in [2.24, 2.45) is 23.2 Å². The van der Waals surface area contributed by atoms with E-state index in [1.165, 1.54) is 12.0 Å². The van der Waals surface area contributed by atoms with E-state index < -0.39 is 21.9 Å². The van der Waals surface area contributed by atoms with Crippen LogP contribution in [0.5, 0.6) is 0 Å². The second-order valence-corrected chi connectivity index (χ2v) is 12.7. The SMILES string of the molecule is C=C1/C(=C\C=C2/CCC[C@]3(C)[C@@H]([C@H](C)/C=C/S(=N)(=O)c4ccccc4)CC[C@@H]23)C[C@@H](O)C[C@@H]1O. The Morgan fingerprint density at radius 1 is 1.21 bits per heavy atom. The maximum absolute atomic E-state index is 13.0. The van der Waals surface area contributed by atoms with Crippen molar-refractivity contribution in [1.82, 2.24) is 0 Å². The summed E-state index contributed by atoms with van der Waals surface area (Å²) < 4.78 is 21.3. The van der Waals surface area contributed by atoms with Crippen molar-refractivity contribution in [2.45, 2.75) is 75.9 Å². The minimum atomic E-state index is -2.93. The van der Waals surface area contributed by atoms with E-state index in [0.29, 0.717) is 29.6 Å². The van der Waals surface area contributed by atoms with E-state index in [1.54, 1.807) is 17.5 Å². The van der Waals surface area contributed by atoms with Crippen LogP contribution in [0.3, 0.4) is 0 Å². The predicted molar refractivity (Wildman–Crippen MR) is 139 cm³/mol. The number of allylic oxidation sites excluding steroid dienone is 4. The molecule has 0 aliphatic heterocycles. The lowest BCUT2D eigenvalue weighted by molar-refractivity contribution is 0.0862. The van der Waals surface area contributed by atoms with E-state index in [-0.39, 0.29) is 11.3 Å². The molecule has 0 spiro atoms. The Labute approximate surface area is 205 Å². The van der Waals surface area contributed by atoms with Crippen molar-refractivity contribution in [2.75, 3.05) is 0 Å². The van der Waals surface area contributed by atoms with Crippen molar-refractivity contribution in [3.05, 3.63) is 77.3 Å². The maximum atomic E-state index is 13.0. The third-order valence-corrected chi connectivity index (χ3v) is 10.1. The van der Waals surface area contributed by atoms with Crippen LogP contribution in [0.15, 0.2) is 82.2 Å². The zero-order valence-corrected chi connectivity index (χ0v) is 21.3. The third-order valence-electron chi connectivity index (χ3n) is 8.60. The Kier molecular flexibility index (Phi) is 7.37. The third kappa shape index (κ3) is 5.02. The molecule has 0 radical (unpaired) electrons. The van der Waals surface area contributed by atoms with E-state index >= 15 is 0 Å². The van der Waals surface area contributed by atoms with Gasteiger partial charge < -0.3 is 10.2 Å². The van der Waals surface area contributed by atoms with E-state index in [4.69, 9.17) is 4.78 Å². The maximum Gasteiger partial charge on any atom is 0.0940 e. The van der Waals surface area contributed by atoms with E-state index in [1.807, 2.05) is 24.3 Å². The predicted octanol–water partition coefficient (Wildman–Crippen LogP) is 6.38. The summed E-state index contributed by atoms with van der Waals surface area (Å²) in [7, 11) is -2.93. The molecule has 0 amide bonds. The molecule has 3 N–H and O–H groups in total. The molecule has 0 saturated heterocycles. The minimum Gasteiger partial charge on any atom is -0.393 e. The number of rotatable bonds is 5. The number of aliphatic hydroxyl groups excluding tert-OH is 2.